The van der Waals surface area contributed by atoms with E-state index >= 15 is 0 Å². The Bertz CT molecular complexity index is 363. The largest absolute Gasteiger partial charge is 0.449 e. The number of ether oxygens (including phenoxy) is 1. The summed E-state index contributed by atoms with van der Waals surface area (Å²) in [6.07, 6.45) is 6.52. The van der Waals surface area contributed by atoms with Crippen molar-refractivity contribution >= 4 is 11.9 Å². The lowest BCUT2D eigenvalue weighted by Gasteiger charge is -2.42. The Labute approximate surface area is 87.9 Å². The lowest BCUT2D eigenvalue weighted by atomic mass is 9.84. The second-order valence-corrected chi connectivity index (χ2v) is 4.45. The molecule has 0 saturated carbocycles. The predicted octanol–water partition coefficient (Wildman–Crippen LogP) is 0.623. The van der Waals surface area contributed by atoms with Gasteiger partial charge >= 0.3 is 5.97 Å². The first-order chi connectivity index (χ1) is 7.21. The van der Waals surface area contributed by atoms with E-state index < -0.39 is 5.60 Å². The van der Waals surface area contributed by atoms with Gasteiger partial charge in [0.15, 0.2) is 5.60 Å². The number of piperidine rings is 1. The van der Waals surface area contributed by atoms with Crippen LogP contribution in [0.1, 0.15) is 25.7 Å². The van der Waals surface area contributed by atoms with E-state index in [0.29, 0.717) is 6.42 Å². The molecule has 2 saturated heterocycles. The maximum absolute atomic E-state index is 11.6. The molecule has 1 amide bonds. The summed E-state index contributed by atoms with van der Waals surface area (Å²) in [6, 6.07) is 0.0847. The van der Waals surface area contributed by atoms with E-state index in [-0.39, 0.29) is 17.9 Å². The normalized spacial score (nSPS) is 38.7. The third-order valence-corrected chi connectivity index (χ3v) is 3.65. The molecule has 0 radical (unpaired) electrons. The van der Waals surface area contributed by atoms with E-state index in [0.717, 1.165) is 25.8 Å². The van der Waals surface area contributed by atoms with Gasteiger partial charge in [-0.05, 0) is 25.3 Å². The summed E-state index contributed by atoms with van der Waals surface area (Å²) in [5, 5.41) is 0. The van der Waals surface area contributed by atoms with Crippen LogP contribution >= 0.6 is 0 Å². The SMILES string of the molecule is O=C1C=C[C@@]2(CCCN3C(=O)CC[C@@H]32)O1. The highest BCUT2D eigenvalue weighted by molar-refractivity contribution is 5.86. The van der Waals surface area contributed by atoms with Gasteiger partial charge in [0.2, 0.25) is 5.91 Å². The molecular weight excluding hydrogens is 194 g/mol. The highest BCUT2D eigenvalue weighted by atomic mass is 16.6. The molecule has 0 aromatic carbocycles. The number of rotatable bonds is 0. The topological polar surface area (TPSA) is 46.6 Å². The lowest BCUT2D eigenvalue weighted by molar-refractivity contribution is -0.157. The molecule has 3 rings (SSSR count). The highest BCUT2D eigenvalue weighted by Crippen LogP contribution is 2.41. The van der Waals surface area contributed by atoms with Crippen molar-refractivity contribution in [2.75, 3.05) is 6.54 Å². The van der Waals surface area contributed by atoms with Crippen molar-refractivity contribution in [3.8, 4) is 0 Å². The molecule has 0 bridgehead atoms. The van der Waals surface area contributed by atoms with Crippen LogP contribution in [0.15, 0.2) is 12.2 Å². The molecule has 3 heterocycles. The van der Waals surface area contributed by atoms with Gasteiger partial charge in [0.1, 0.15) is 0 Å². The molecule has 2 atom stereocenters. The molecule has 1 spiro atoms. The first-order valence-electron chi connectivity index (χ1n) is 5.43. The molecule has 0 aromatic rings. The number of hydrogen-bond donors (Lipinski definition) is 0. The first kappa shape index (κ1) is 8.95. The van der Waals surface area contributed by atoms with Crippen LogP contribution in [0.4, 0.5) is 0 Å². The fourth-order valence-corrected chi connectivity index (χ4v) is 2.99. The Balaban J connectivity index is 1.94. The number of nitrogens with zero attached hydrogens (tertiary/aromatic N) is 1. The molecule has 0 aliphatic carbocycles. The van der Waals surface area contributed by atoms with Gasteiger partial charge in [0, 0.05) is 19.0 Å². The van der Waals surface area contributed by atoms with Gasteiger partial charge in [-0.15, -0.1) is 0 Å². The summed E-state index contributed by atoms with van der Waals surface area (Å²) in [6.45, 7) is 0.816. The zero-order valence-electron chi connectivity index (χ0n) is 8.44. The van der Waals surface area contributed by atoms with Crippen molar-refractivity contribution in [1.29, 1.82) is 0 Å². The number of carbonyl (C=O) groups is 2. The van der Waals surface area contributed by atoms with Crippen LogP contribution in [0, 0.1) is 0 Å². The molecule has 0 unspecified atom stereocenters. The third kappa shape index (κ3) is 1.14. The number of carbonyl (C=O) groups excluding carboxylic acids is 2. The first-order valence-corrected chi connectivity index (χ1v) is 5.43. The zero-order chi connectivity index (χ0) is 10.5. The van der Waals surface area contributed by atoms with Crippen molar-refractivity contribution in [1.82, 2.24) is 4.90 Å². The van der Waals surface area contributed by atoms with E-state index in [9.17, 15) is 9.59 Å². The van der Waals surface area contributed by atoms with Crippen LogP contribution < -0.4 is 0 Å². The quantitative estimate of drug-likeness (QED) is 0.547. The number of hydrogen-bond acceptors (Lipinski definition) is 3. The Morgan fingerprint density at radius 2 is 2.33 bits per heavy atom. The Morgan fingerprint density at radius 1 is 1.47 bits per heavy atom. The summed E-state index contributed by atoms with van der Waals surface area (Å²) < 4.78 is 5.41. The van der Waals surface area contributed by atoms with Crippen LogP contribution in [-0.4, -0.2) is 35.0 Å². The van der Waals surface area contributed by atoms with Gasteiger partial charge in [-0.3, -0.25) is 4.79 Å². The van der Waals surface area contributed by atoms with E-state index in [2.05, 4.69) is 0 Å². The van der Waals surface area contributed by atoms with Crippen molar-refractivity contribution in [3.63, 3.8) is 0 Å². The highest BCUT2D eigenvalue weighted by Gasteiger charge is 2.52. The van der Waals surface area contributed by atoms with Crippen LogP contribution in [0.3, 0.4) is 0 Å². The molecule has 15 heavy (non-hydrogen) atoms. The smallest absolute Gasteiger partial charge is 0.331 e. The van der Waals surface area contributed by atoms with Crippen LogP contribution in [0.2, 0.25) is 0 Å². The fourth-order valence-electron chi connectivity index (χ4n) is 2.99. The second kappa shape index (κ2) is 2.84. The Morgan fingerprint density at radius 3 is 3.07 bits per heavy atom. The van der Waals surface area contributed by atoms with E-state index in [1.165, 1.54) is 6.08 Å². The number of esters is 1. The van der Waals surface area contributed by atoms with Crippen LogP contribution in [0.25, 0.3) is 0 Å². The summed E-state index contributed by atoms with van der Waals surface area (Å²) in [7, 11) is 0. The van der Waals surface area contributed by atoms with Gasteiger partial charge in [0.05, 0.1) is 6.04 Å². The number of fused-ring (bicyclic) bond motifs is 2. The number of amides is 1. The summed E-state index contributed by atoms with van der Waals surface area (Å²) >= 11 is 0. The monoisotopic (exact) mass is 207 g/mol. The molecule has 3 aliphatic rings. The van der Waals surface area contributed by atoms with Gasteiger partial charge in [0.25, 0.3) is 0 Å². The van der Waals surface area contributed by atoms with E-state index in [4.69, 9.17) is 4.74 Å². The van der Waals surface area contributed by atoms with Crippen molar-refractivity contribution in [2.24, 2.45) is 0 Å². The average molecular weight is 207 g/mol. The molecule has 2 fully saturated rings. The summed E-state index contributed by atoms with van der Waals surface area (Å²) in [5.41, 5.74) is -0.499. The Kier molecular flexibility index (Phi) is 1.69. The maximum atomic E-state index is 11.6. The zero-order valence-corrected chi connectivity index (χ0v) is 8.44. The van der Waals surface area contributed by atoms with E-state index in [1.807, 2.05) is 11.0 Å². The van der Waals surface area contributed by atoms with Gasteiger partial charge in [-0.2, -0.15) is 0 Å². The lowest BCUT2D eigenvalue weighted by Crippen LogP contribution is -2.54. The predicted molar refractivity (Wildman–Crippen MR) is 51.9 cm³/mol. The second-order valence-electron chi connectivity index (χ2n) is 4.45. The molecular formula is C11H13NO3. The van der Waals surface area contributed by atoms with Gasteiger partial charge in [-0.1, -0.05) is 0 Å². The minimum atomic E-state index is -0.499. The molecule has 4 heteroatoms. The minimum absolute atomic E-state index is 0.0847. The summed E-state index contributed by atoms with van der Waals surface area (Å²) in [4.78, 5) is 24.6. The maximum Gasteiger partial charge on any atom is 0.331 e. The molecule has 3 aliphatic heterocycles. The summed E-state index contributed by atoms with van der Waals surface area (Å²) in [5.74, 6) is -0.0633. The molecule has 0 aromatic heterocycles. The van der Waals surface area contributed by atoms with E-state index in [1.54, 1.807) is 0 Å². The van der Waals surface area contributed by atoms with Crippen molar-refractivity contribution in [3.05, 3.63) is 12.2 Å². The van der Waals surface area contributed by atoms with Crippen LogP contribution in [0.5, 0.6) is 0 Å². The minimum Gasteiger partial charge on any atom is -0.449 e. The van der Waals surface area contributed by atoms with Gasteiger partial charge in [-0.25, -0.2) is 4.79 Å². The van der Waals surface area contributed by atoms with Crippen molar-refractivity contribution < 1.29 is 14.3 Å². The van der Waals surface area contributed by atoms with Gasteiger partial charge < -0.3 is 9.64 Å². The molecule has 80 valence electrons. The van der Waals surface area contributed by atoms with Crippen molar-refractivity contribution in [2.45, 2.75) is 37.3 Å². The van der Waals surface area contributed by atoms with Crippen LogP contribution in [-0.2, 0) is 14.3 Å². The standard InChI is InChI=1S/C11H13NO3/c13-9-3-2-8-11(5-1-7-12(8)9)6-4-10(14)15-11/h4,6,8H,1-3,5,7H2/t8-,11-/m1/s1. The molecule has 4 nitrogen and oxygen atoms in total. The molecule has 0 N–H and O–H groups in total. The Hall–Kier alpha value is -1.32. The average Bonchev–Trinajstić information content (AvgIpc) is 2.75. The third-order valence-electron chi connectivity index (χ3n) is 3.65. The fraction of sp³-hybridized carbons (Fsp3) is 0.636.